The van der Waals surface area contributed by atoms with E-state index < -0.39 is 6.36 Å². The van der Waals surface area contributed by atoms with Crippen LogP contribution in [0.25, 0.3) is 0 Å². The maximum Gasteiger partial charge on any atom is 0.573 e. The summed E-state index contributed by atoms with van der Waals surface area (Å²) in [5, 5.41) is 2.35. The van der Waals surface area contributed by atoms with E-state index in [4.69, 9.17) is 0 Å². The first-order valence-electron chi connectivity index (χ1n) is 5.00. The van der Waals surface area contributed by atoms with Gasteiger partial charge in [-0.2, -0.15) is 0 Å². The van der Waals surface area contributed by atoms with Crippen molar-refractivity contribution in [2.75, 3.05) is 7.05 Å². The highest BCUT2D eigenvalue weighted by atomic mass is 19.4. The molecule has 0 unspecified atom stereocenters. The number of alkyl halides is 3. The number of halogens is 3. The lowest BCUT2D eigenvalue weighted by molar-refractivity contribution is -0.274. The van der Waals surface area contributed by atoms with Crippen LogP contribution in [0.5, 0.6) is 5.75 Å². The monoisotopic (exact) mass is 251 g/mol. The SMILES string of the molecule is CC.CNC(=O)c1ccc(OC(F)(F)F)cc1.[HH]. The second-order valence-electron chi connectivity index (χ2n) is 2.65. The van der Waals surface area contributed by atoms with E-state index in [2.05, 4.69) is 10.1 Å². The van der Waals surface area contributed by atoms with Crippen molar-refractivity contribution in [3.8, 4) is 5.75 Å². The number of benzene rings is 1. The lowest BCUT2D eigenvalue weighted by atomic mass is 10.2. The smallest absolute Gasteiger partial charge is 0.406 e. The molecule has 98 valence electrons. The first-order chi connectivity index (χ1) is 7.92. The molecule has 0 heterocycles. The van der Waals surface area contributed by atoms with Gasteiger partial charge in [-0.05, 0) is 24.3 Å². The van der Waals surface area contributed by atoms with Crippen LogP contribution < -0.4 is 10.1 Å². The molecule has 0 bridgehead atoms. The van der Waals surface area contributed by atoms with E-state index in [0.717, 1.165) is 12.1 Å². The topological polar surface area (TPSA) is 38.3 Å². The van der Waals surface area contributed by atoms with Crippen molar-refractivity contribution in [2.45, 2.75) is 20.2 Å². The van der Waals surface area contributed by atoms with Gasteiger partial charge in [0, 0.05) is 14.0 Å². The predicted molar refractivity (Wildman–Crippen MR) is 60.0 cm³/mol. The zero-order valence-electron chi connectivity index (χ0n) is 9.76. The largest absolute Gasteiger partial charge is 0.573 e. The highest BCUT2D eigenvalue weighted by molar-refractivity contribution is 5.94. The van der Waals surface area contributed by atoms with Crippen LogP contribution >= 0.6 is 0 Å². The molecule has 17 heavy (non-hydrogen) atoms. The number of carbonyl (C=O) groups excluding carboxylic acids is 1. The summed E-state index contributed by atoms with van der Waals surface area (Å²) in [6.07, 6.45) is -4.71. The van der Waals surface area contributed by atoms with E-state index in [-0.39, 0.29) is 18.6 Å². The van der Waals surface area contributed by atoms with E-state index in [1.807, 2.05) is 13.8 Å². The van der Waals surface area contributed by atoms with Gasteiger partial charge < -0.3 is 10.1 Å². The molecule has 1 aromatic carbocycles. The second-order valence-corrected chi connectivity index (χ2v) is 2.65. The molecule has 0 saturated heterocycles. The van der Waals surface area contributed by atoms with Crippen LogP contribution in [0.2, 0.25) is 0 Å². The Morgan fingerprint density at radius 1 is 1.24 bits per heavy atom. The number of nitrogens with one attached hydrogen (secondary N) is 1. The van der Waals surface area contributed by atoms with E-state index in [1.165, 1.54) is 19.2 Å². The highest BCUT2D eigenvalue weighted by Gasteiger charge is 2.30. The van der Waals surface area contributed by atoms with Crippen molar-refractivity contribution in [3.05, 3.63) is 29.8 Å². The highest BCUT2D eigenvalue weighted by Crippen LogP contribution is 2.22. The van der Waals surface area contributed by atoms with Crippen LogP contribution in [-0.2, 0) is 0 Å². The molecular weight excluding hydrogens is 235 g/mol. The number of hydrogen-bond acceptors (Lipinski definition) is 2. The van der Waals surface area contributed by atoms with Gasteiger partial charge in [-0.3, -0.25) is 4.79 Å². The quantitative estimate of drug-likeness (QED) is 0.876. The Labute approximate surface area is 99.1 Å². The van der Waals surface area contributed by atoms with Crippen molar-refractivity contribution in [2.24, 2.45) is 0 Å². The average Bonchev–Trinajstić information content (AvgIpc) is 2.29. The molecule has 0 fully saturated rings. The molecule has 0 aliphatic heterocycles. The van der Waals surface area contributed by atoms with Gasteiger partial charge in [0.15, 0.2) is 0 Å². The standard InChI is InChI=1S/C9H8F3NO2.C2H6.H2/c1-13-8(14)6-2-4-7(5-3-6)15-9(10,11)12;1-2;/h2-5H,1H3,(H,13,14);1-2H3;1H. The van der Waals surface area contributed by atoms with Crippen molar-refractivity contribution in [1.82, 2.24) is 5.32 Å². The van der Waals surface area contributed by atoms with Crippen LogP contribution in [0.4, 0.5) is 13.2 Å². The molecule has 0 atom stereocenters. The summed E-state index contributed by atoms with van der Waals surface area (Å²) in [7, 11) is 1.43. The fourth-order valence-corrected chi connectivity index (χ4v) is 0.952. The normalized spacial score (nSPS) is 10.0. The predicted octanol–water partition coefficient (Wildman–Crippen LogP) is 3.22. The fourth-order valence-electron chi connectivity index (χ4n) is 0.952. The third kappa shape index (κ3) is 5.79. The third-order valence-electron chi connectivity index (χ3n) is 1.58. The molecule has 0 aliphatic rings. The van der Waals surface area contributed by atoms with Gasteiger partial charge in [-0.15, -0.1) is 13.2 Å². The summed E-state index contributed by atoms with van der Waals surface area (Å²) in [4.78, 5) is 11.0. The van der Waals surface area contributed by atoms with Crippen molar-refractivity contribution in [3.63, 3.8) is 0 Å². The van der Waals surface area contributed by atoms with E-state index in [1.54, 1.807) is 0 Å². The first-order valence-corrected chi connectivity index (χ1v) is 5.00. The number of amides is 1. The molecule has 0 saturated carbocycles. The molecular formula is C11H16F3NO2. The van der Waals surface area contributed by atoms with Gasteiger partial charge in [-0.1, -0.05) is 13.8 Å². The average molecular weight is 251 g/mol. The number of ether oxygens (including phenoxy) is 1. The van der Waals surface area contributed by atoms with Gasteiger partial charge in [0.25, 0.3) is 5.91 Å². The Morgan fingerprint density at radius 3 is 2.06 bits per heavy atom. The van der Waals surface area contributed by atoms with E-state index in [9.17, 15) is 18.0 Å². The summed E-state index contributed by atoms with van der Waals surface area (Å²) in [6.45, 7) is 4.00. The Bertz CT molecular complexity index is 352. The second kappa shape index (κ2) is 6.78. The Kier molecular flexibility index (Phi) is 6.09. The zero-order valence-corrected chi connectivity index (χ0v) is 9.76. The number of hydrogen-bond donors (Lipinski definition) is 1. The minimum atomic E-state index is -4.71. The van der Waals surface area contributed by atoms with Crippen LogP contribution in [0.15, 0.2) is 24.3 Å². The Hall–Kier alpha value is -1.72. The molecule has 0 aromatic heterocycles. The van der Waals surface area contributed by atoms with Gasteiger partial charge in [0.2, 0.25) is 0 Å². The summed E-state index contributed by atoms with van der Waals surface area (Å²) in [6, 6.07) is 4.66. The summed E-state index contributed by atoms with van der Waals surface area (Å²) < 4.78 is 38.9. The summed E-state index contributed by atoms with van der Waals surface area (Å²) in [5.41, 5.74) is 0.270. The maximum absolute atomic E-state index is 11.8. The van der Waals surface area contributed by atoms with Gasteiger partial charge in [0.05, 0.1) is 0 Å². The van der Waals surface area contributed by atoms with Crippen LogP contribution in [0.3, 0.4) is 0 Å². The molecule has 3 nitrogen and oxygen atoms in total. The molecule has 1 amide bonds. The minimum Gasteiger partial charge on any atom is -0.406 e. The molecule has 0 spiro atoms. The molecule has 6 heteroatoms. The Morgan fingerprint density at radius 2 is 1.71 bits per heavy atom. The van der Waals surface area contributed by atoms with Crippen molar-refractivity contribution < 1.29 is 24.1 Å². The lowest BCUT2D eigenvalue weighted by Crippen LogP contribution is -2.19. The molecule has 1 rings (SSSR count). The van der Waals surface area contributed by atoms with Crippen molar-refractivity contribution >= 4 is 5.91 Å². The molecule has 1 aromatic rings. The molecule has 1 N–H and O–H groups in total. The first kappa shape index (κ1) is 15.3. The maximum atomic E-state index is 11.8. The van der Waals surface area contributed by atoms with E-state index in [0.29, 0.717) is 0 Å². The summed E-state index contributed by atoms with van der Waals surface area (Å²) >= 11 is 0. The molecule has 0 aliphatic carbocycles. The zero-order chi connectivity index (χ0) is 13.5. The third-order valence-corrected chi connectivity index (χ3v) is 1.58. The van der Waals surface area contributed by atoms with Gasteiger partial charge in [0.1, 0.15) is 5.75 Å². The lowest BCUT2D eigenvalue weighted by Gasteiger charge is -2.08. The van der Waals surface area contributed by atoms with Gasteiger partial charge in [-0.25, -0.2) is 0 Å². The van der Waals surface area contributed by atoms with Crippen LogP contribution in [0, 0.1) is 0 Å². The minimum absolute atomic E-state index is 0. The van der Waals surface area contributed by atoms with Crippen molar-refractivity contribution in [1.29, 1.82) is 0 Å². The number of carbonyl (C=O) groups is 1. The summed E-state index contributed by atoms with van der Waals surface area (Å²) in [5.74, 6) is -0.719. The Balaban J connectivity index is 0. The van der Waals surface area contributed by atoms with Crippen LogP contribution in [-0.4, -0.2) is 19.3 Å². The number of rotatable bonds is 2. The molecule has 0 radical (unpaired) electrons. The fraction of sp³-hybridized carbons (Fsp3) is 0.364. The van der Waals surface area contributed by atoms with Gasteiger partial charge >= 0.3 is 6.36 Å². The van der Waals surface area contributed by atoms with Crippen LogP contribution in [0.1, 0.15) is 25.6 Å². The van der Waals surface area contributed by atoms with E-state index >= 15 is 0 Å².